The molecule has 1 aliphatic rings. The zero-order valence-corrected chi connectivity index (χ0v) is 8.88. The van der Waals surface area contributed by atoms with E-state index in [2.05, 4.69) is 37.7 Å². The molecule has 72 valence electrons. The van der Waals surface area contributed by atoms with Crippen LogP contribution in [-0.4, -0.2) is 49.6 Å². The molecule has 0 aromatic carbocycles. The van der Waals surface area contributed by atoms with Crippen LogP contribution >= 0.6 is 0 Å². The van der Waals surface area contributed by atoms with Gasteiger partial charge in [-0.15, -0.1) is 0 Å². The molecular formula is C10H22N2. The molecule has 1 atom stereocenters. The number of hydrogen-bond donors (Lipinski definition) is 0. The van der Waals surface area contributed by atoms with E-state index in [-0.39, 0.29) is 0 Å². The van der Waals surface area contributed by atoms with Crippen LogP contribution in [0.1, 0.15) is 20.3 Å². The third kappa shape index (κ3) is 2.76. The summed E-state index contributed by atoms with van der Waals surface area (Å²) in [7, 11) is 4.37. The minimum absolute atomic E-state index is 0.795. The third-order valence-electron chi connectivity index (χ3n) is 2.60. The monoisotopic (exact) mass is 170 g/mol. The predicted octanol–water partition coefficient (Wildman–Crippen LogP) is 1.28. The number of hydrogen-bond acceptors (Lipinski definition) is 2. The fraction of sp³-hybridized carbons (Fsp3) is 1.00. The molecule has 1 heterocycles. The lowest BCUT2D eigenvalue weighted by atomic mass is 10.2. The highest BCUT2D eigenvalue weighted by atomic mass is 15.2. The first-order chi connectivity index (χ1) is 5.59. The van der Waals surface area contributed by atoms with Crippen molar-refractivity contribution in [1.82, 2.24) is 9.80 Å². The van der Waals surface area contributed by atoms with Gasteiger partial charge in [0.2, 0.25) is 0 Å². The van der Waals surface area contributed by atoms with Crippen molar-refractivity contribution in [1.29, 1.82) is 0 Å². The van der Waals surface area contributed by atoms with Gasteiger partial charge in [0.25, 0.3) is 0 Å². The van der Waals surface area contributed by atoms with E-state index < -0.39 is 0 Å². The summed E-state index contributed by atoms with van der Waals surface area (Å²) in [4.78, 5) is 4.93. The quantitative estimate of drug-likeness (QED) is 0.629. The number of likely N-dealkylation sites (N-methyl/N-ethyl adjacent to an activating group) is 1. The Kier molecular flexibility index (Phi) is 3.53. The van der Waals surface area contributed by atoms with Crippen LogP contribution in [0.4, 0.5) is 0 Å². The van der Waals surface area contributed by atoms with Gasteiger partial charge in [-0.3, -0.25) is 0 Å². The van der Waals surface area contributed by atoms with Crippen LogP contribution in [0, 0.1) is 5.92 Å². The molecule has 12 heavy (non-hydrogen) atoms. The molecule has 0 spiro atoms. The maximum Gasteiger partial charge on any atom is 0.0229 e. The summed E-state index contributed by atoms with van der Waals surface area (Å²) in [6.45, 7) is 8.42. The smallest absolute Gasteiger partial charge is 0.0229 e. The Morgan fingerprint density at radius 2 is 2.08 bits per heavy atom. The molecule has 0 aromatic rings. The second-order valence-electron chi connectivity index (χ2n) is 4.56. The Balaban J connectivity index is 2.26. The van der Waals surface area contributed by atoms with Gasteiger partial charge in [-0.1, -0.05) is 13.8 Å². The molecule has 0 bridgehead atoms. The first kappa shape index (κ1) is 10.0. The first-order valence-corrected chi connectivity index (χ1v) is 4.98. The molecule has 2 nitrogen and oxygen atoms in total. The highest BCUT2D eigenvalue weighted by molar-refractivity contribution is 4.80. The van der Waals surface area contributed by atoms with Crippen molar-refractivity contribution in [3.63, 3.8) is 0 Å². The molecule has 0 radical (unpaired) electrons. The Hall–Kier alpha value is -0.0800. The standard InChI is InChI=1S/C10H22N2/c1-9(2)7-12-6-5-10(8-12)11(3)4/h9-10H,5-8H2,1-4H3/t10-/m1/s1. The van der Waals surface area contributed by atoms with Gasteiger partial charge in [-0.05, 0) is 33.0 Å². The van der Waals surface area contributed by atoms with E-state index in [0.29, 0.717) is 0 Å². The second kappa shape index (κ2) is 4.24. The summed E-state index contributed by atoms with van der Waals surface area (Å²) in [5.41, 5.74) is 0. The fourth-order valence-corrected chi connectivity index (χ4v) is 1.92. The third-order valence-corrected chi connectivity index (χ3v) is 2.60. The Labute approximate surface area is 76.5 Å². The van der Waals surface area contributed by atoms with Gasteiger partial charge in [0, 0.05) is 19.1 Å². The Morgan fingerprint density at radius 3 is 2.50 bits per heavy atom. The Bertz CT molecular complexity index is 132. The molecule has 1 saturated heterocycles. The van der Waals surface area contributed by atoms with Crippen molar-refractivity contribution in [2.24, 2.45) is 5.92 Å². The van der Waals surface area contributed by atoms with Crippen LogP contribution in [0.15, 0.2) is 0 Å². The predicted molar refractivity (Wildman–Crippen MR) is 53.4 cm³/mol. The Morgan fingerprint density at radius 1 is 1.42 bits per heavy atom. The van der Waals surface area contributed by atoms with Crippen molar-refractivity contribution >= 4 is 0 Å². The first-order valence-electron chi connectivity index (χ1n) is 4.98. The zero-order chi connectivity index (χ0) is 9.14. The maximum atomic E-state index is 2.58. The molecule has 1 aliphatic heterocycles. The van der Waals surface area contributed by atoms with Crippen LogP contribution in [0.5, 0.6) is 0 Å². The number of nitrogens with zero attached hydrogens (tertiary/aromatic N) is 2. The maximum absolute atomic E-state index is 2.58. The van der Waals surface area contributed by atoms with Gasteiger partial charge in [0.05, 0.1) is 0 Å². The zero-order valence-electron chi connectivity index (χ0n) is 8.88. The van der Waals surface area contributed by atoms with E-state index in [0.717, 1.165) is 12.0 Å². The lowest BCUT2D eigenvalue weighted by molar-refractivity contribution is 0.252. The van der Waals surface area contributed by atoms with E-state index in [9.17, 15) is 0 Å². The van der Waals surface area contributed by atoms with Gasteiger partial charge in [0.15, 0.2) is 0 Å². The van der Waals surface area contributed by atoms with E-state index >= 15 is 0 Å². The topological polar surface area (TPSA) is 6.48 Å². The minimum Gasteiger partial charge on any atom is -0.305 e. The van der Waals surface area contributed by atoms with Crippen molar-refractivity contribution in [2.75, 3.05) is 33.7 Å². The lowest BCUT2D eigenvalue weighted by Gasteiger charge is -2.21. The van der Waals surface area contributed by atoms with E-state index in [1.165, 1.54) is 26.1 Å². The average molecular weight is 170 g/mol. The van der Waals surface area contributed by atoms with Crippen LogP contribution in [0.25, 0.3) is 0 Å². The largest absolute Gasteiger partial charge is 0.305 e. The molecule has 0 saturated carbocycles. The summed E-state index contributed by atoms with van der Waals surface area (Å²) in [6, 6.07) is 0.795. The molecule has 2 heteroatoms. The number of rotatable bonds is 3. The molecule has 1 fully saturated rings. The number of likely N-dealkylation sites (tertiary alicyclic amines) is 1. The van der Waals surface area contributed by atoms with Crippen LogP contribution < -0.4 is 0 Å². The van der Waals surface area contributed by atoms with Gasteiger partial charge in [0.1, 0.15) is 0 Å². The van der Waals surface area contributed by atoms with Crippen LogP contribution in [0.2, 0.25) is 0 Å². The molecule has 0 N–H and O–H groups in total. The highest BCUT2D eigenvalue weighted by Gasteiger charge is 2.23. The van der Waals surface area contributed by atoms with Gasteiger partial charge >= 0.3 is 0 Å². The molecule has 0 unspecified atom stereocenters. The molecule has 0 aliphatic carbocycles. The minimum atomic E-state index is 0.795. The summed E-state index contributed by atoms with van der Waals surface area (Å²) < 4.78 is 0. The SMILES string of the molecule is CC(C)CN1CC[C@@H](N(C)C)C1. The van der Waals surface area contributed by atoms with Crippen LogP contribution in [-0.2, 0) is 0 Å². The van der Waals surface area contributed by atoms with E-state index in [1.54, 1.807) is 0 Å². The average Bonchev–Trinajstić information content (AvgIpc) is 2.34. The van der Waals surface area contributed by atoms with Gasteiger partial charge in [-0.2, -0.15) is 0 Å². The molecule has 0 amide bonds. The fourth-order valence-electron chi connectivity index (χ4n) is 1.92. The molecule has 0 aromatic heterocycles. The van der Waals surface area contributed by atoms with Gasteiger partial charge in [-0.25, -0.2) is 0 Å². The van der Waals surface area contributed by atoms with Crippen LogP contribution in [0.3, 0.4) is 0 Å². The molecule has 1 rings (SSSR count). The van der Waals surface area contributed by atoms with E-state index in [1.807, 2.05) is 0 Å². The summed E-state index contributed by atoms with van der Waals surface area (Å²) in [5.74, 6) is 0.811. The summed E-state index contributed by atoms with van der Waals surface area (Å²) in [6.07, 6.45) is 1.35. The summed E-state index contributed by atoms with van der Waals surface area (Å²) >= 11 is 0. The highest BCUT2D eigenvalue weighted by Crippen LogP contribution is 2.14. The van der Waals surface area contributed by atoms with Crippen molar-refractivity contribution < 1.29 is 0 Å². The van der Waals surface area contributed by atoms with Crippen molar-refractivity contribution in [2.45, 2.75) is 26.3 Å². The van der Waals surface area contributed by atoms with Crippen molar-refractivity contribution in [3.05, 3.63) is 0 Å². The van der Waals surface area contributed by atoms with Crippen molar-refractivity contribution in [3.8, 4) is 0 Å². The van der Waals surface area contributed by atoms with E-state index in [4.69, 9.17) is 0 Å². The normalized spacial score (nSPS) is 26.0. The summed E-state index contributed by atoms with van der Waals surface area (Å²) in [5, 5.41) is 0. The van der Waals surface area contributed by atoms with Gasteiger partial charge < -0.3 is 9.80 Å². The molecular weight excluding hydrogens is 148 g/mol. The second-order valence-corrected chi connectivity index (χ2v) is 4.56. The lowest BCUT2D eigenvalue weighted by Crippen LogP contribution is -2.32.